The van der Waals surface area contributed by atoms with Crippen LogP contribution in [0.3, 0.4) is 0 Å². The standard InChI is InChI=1S/C20H23F3N4O3/c1-19(2,3)30-18(28)25-14-6-4-5-13(11-14)17-24-12-27(26-17)15-7-9-16(10-8-15)29-20(21,22)23/h7-12,14H,4-6H2,1-3H3,(H,25,28). The van der Waals surface area contributed by atoms with Gasteiger partial charge in [-0.15, -0.1) is 18.3 Å². The van der Waals surface area contributed by atoms with Gasteiger partial charge >= 0.3 is 12.5 Å². The molecule has 0 spiro atoms. The molecule has 162 valence electrons. The Balaban J connectivity index is 1.69. The maximum absolute atomic E-state index is 12.3. The fourth-order valence-corrected chi connectivity index (χ4v) is 3.02. The molecule has 7 nitrogen and oxygen atoms in total. The van der Waals surface area contributed by atoms with Gasteiger partial charge in [-0.2, -0.15) is 0 Å². The number of amides is 1. The quantitative estimate of drug-likeness (QED) is 0.775. The van der Waals surface area contributed by atoms with Crippen LogP contribution in [0.4, 0.5) is 18.0 Å². The number of nitrogens with one attached hydrogen (secondary N) is 1. The third-order valence-electron chi connectivity index (χ3n) is 4.18. The zero-order chi connectivity index (χ0) is 21.9. The Morgan fingerprint density at radius 2 is 1.90 bits per heavy atom. The van der Waals surface area contributed by atoms with Gasteiger partial charge in [0.1, 0.15) is 17.7 Å². The first kappa shape index (κ1) is 21.7. The normalized spacial score (nSPS) is 17.3. The van der Waals surface area contributed by atoms with Crippen LogP contribution >= 0.6 is 0 Å². The van der Waals surface area contributed by atoms with Crippen LogP contribution in [-0.2, 0) is 4.74 Å². The summed E-state index contributed by atoms with van der Waals surface area (Å²) in [5, 5.41) is 7.24. The van der Waals surface area contributed by atoms with E-state index in [-0.39, 0.29) is 11.8 Å². The van der Waals surface area contributed by atoms with Gasteiger partial charge in [0.05, 0.1) is 11.7 Å². The first-order valence-corrected chi connectivity index (χ1v) is 9.47. The number of benzene rings is 1. The highest BCUT2D eigenvalue weighted by Crippen LogP contribution is 2.26. The van der Waals surface area contributed by atoms with Gasteiger partial charge in [-0.1, -0.05) is 6.08 Å². The van der Waals surface area contributed by atoms with Gasteiger partial charge in [-0.3, -0.25) is 0 Å². The van der Waals surface area contributed by atoms with Crippen LogP contribution < -0.4 is 10.1 Å². The summed E-state index contributed by atoms with van der Waals surface area (Å²) in [5.74, 6) is 0.193. The second kappa shape index (κ2) is 8.37. The summed E-state index contributed by atoms with van der Waals surface area (Å²) in [5.41, 5.74) is 0.855. The first-order valence-electron chi connectivity index (χ1n) is 9.47. The molecule has 0 fully saturated rings. The van der Waals surface area contributed by atoms with Gasteiger partial charge in [-0.25, -0.2) is 14.5 Å². The number of ether oxygens (including phenoxy) is 2. The number of hydrogen-bond donors (Lipinski definition) is 1. The van der Waals surface area contributed by atoms with Crippen LogP contribution in [0.15, 0.2) is 36.7 Å². The average Bonchev–Trinajstić information content (AvgIpc) is 3.09. The predicted octanol–water partition coefficient (Wildman–Crippen LogP) is 4.63. The Morgan fingerprint density at radius 1 is 1.20 bits per heavy atom. The minimum absolute atomic E-state index is 0.186. The lowest BCUT2D eigenvalue weighted by molar-refractivity contribution is -0.274. The van der Waals surface area contributed by atoms with Gasteiger partial charge < -0.3 is 14.8 Å². The number of aromatic nitrogens is 3. The van der Waals surface area contributed by atoms with Crippen LogP contribution in [0, 0.1) is 0 Å². The predicted molar refractivity (Wildman–Crippen MR) is 103 cm³/mol. The third kappa shape index (κ3) is 6.23. The summed E-state index contributed by atoms with van der Waals surface area (Å²) >= 11 is 0. The largest absolute Gasteiger partial charge is 0.573 e. The Morgan fingerprint density at radius 3 is 2.53 bits per heavy atom. The van der Waals surface area contributed by atoms with Gasteiger partial charge in [0.2, 0.25) is 0 Å². The summed E-state index contributed by atoms with van der Waals surface area (Å²) in [6.45, 7) is 5.40. The summed E-state index contributed by atoms with van der Waals surface area (Å²) in [4.78, 5) is 16.3. The van der Waals surface area contributed by atoms with Crippen molar-refractivity contribution in [1.29, 1.82) is 0 Å². The molecule has 0 radical (unpaired) electrons. The molecule has 1 heterocycles. The van der Waals surface area contributed by atoms with E-state index in [1.807, 2.05) is 6.08 Å². The molecule has 30 heavy (non-hydrogen) atoms. The lowest BCUT2D eigenvalue weighted by Crippen LogP contribution is -2.39. The Bertz CT molecular complexity index is 915. The molecule has 0 aliphatic heterocycles. The van der Waals surface area contributed by atoms with E-state index < -0.39 is 18.1 Å². The number of halogens is 3. The number of nitrogens with zero attached hydrogens (tertiary/aromatic N) is 3. The van der Waals surface area contributed by atoms with Crippen molar-refractivity contribution < 1.29 is 27.4 Å². The molecule has 1 aliphatic carbocycles. The summed E-state index contributed by atoms with van der Waals surface area (Å²) in [6.07, 6.45) is 0.570. The molecule has 1 unspecified atom stereocenters. The number of allylic oxidation sites excluding steroid dienone is 1. The van der Waals surface area contributed by atoms with Gasteiger partial charge in [-0.05, 0) is 69.9 Å². The molecule has 1 aliphatic rings. The first-order chi connectivity index (χ1) is 14.0. The van der Waals surface area contributed by atoms with Gasteiger partial charge in [0, 0.05) is 0 Å². The summed E-state index contributed by atoms with van der Waals surface area (Å²) in [7, 11) is 0. The molecule has 3 rings (SSSR count). The van der Waals surface area contributed by atoms with Crippen molar-refractivity contribution in [3.8, 4) is 11.4 Å². The fourth-order valence-electron chi connectivity index (χ4n) is 3.02. The lowest BCUT2D eigenvalue weighted by Gasteiger charge is -2.24. The maximum atomic E-state index is 12.3. The van der Waals surface area contributed by atoms with Crippen molar-refractivity contribution in [3.05, 3.63) is 42.5 Å². The number of alkyl halides is 3. The molecule has 0 saturated carbocycles. The van der Waals surface area contributed by atoms with Crippen molar-refractivity contribution in [2.75, 3.05) is 0 Å². The highest BCUT2D eigenvalue weighted by Gasteiger charge is 2.31. The molecular weight excluding hydrogens is 401 g/mol. The van der Waals surface area contributed by atoms with E-state index in [1.54, 1.807) is 20.8 Å². The van der Waals surface area contributed by atoms with Gasteiger partial charge in [0.25, 0.3) is 0 Å². The highest BCUT2D eigenvalue weighted by molar-refractivity contribution is 5.70. The molecule has 1 aromatic heterocycles. The van der Waals surface area contributed by atoms with Crippen molar-refractivity contribution in [3.63, 3.8) is 0 Å². The minimum atomic E-state index is -4.74. The number of rotatable bonds is 4. The number of carbonyl (C=O) groups excluding carboxylic acids is 1. The van der Waals surface area contributed by atoms with E-state index in [0.29, 0.717) is 11.5 Å². The summed E-state index contributed by atoms with van der Waals surface area (Å²) < 4.78 is 47.5. The van der Waals surface area contributed by atoms with E-state index in [4.69, 9.17) is 4.74 Å². The topological polar surface area (TPSA) is 78.3 Å². The SMILES string of the molecule is CC(C)(C)OC(=O)NC1C=C(c2ncn(-c3ccc(OC(F)(F)F)cc3)n2)CCC1. The smallest absolute Gasteiger partial charge is 0.444 e. The molecule has 0 saturated heterocycles. The molecule has 10 heteroatoms. The molecule has 1 atom stereocenters. The Hall–Kier alpha value is -3.04. The minimum Gasteiger partial charge on any atom is -0.444 e. The van der Waals surface area contributed by atoms with E-state index >= 15 is 0 Å². The van der Waals surface area contributed by atoms with Crippen LogP contribution in [0.1, 0.15) is 45.9 Å². The molecule has 0 bridgehead atoms. The van der Waals surface area contributed by atoms with Crippen LogP contribution in [0.2, 0.25) is 0 Å². The molecule has 2 aromatic rings. The van der Waals surface area contributed by atoms with Crippen LogP contribution in [0.5, 0.6) is 5.75 Å². The lowest BCUT2D eigenvalue weighted by atomic mass is 9.95. The second-order valence-corrected chi connectivity index (χ2v) is 7.89. The van der Waals surface area contributed by atoms with E-state index in [0.717, 1.165) is 24.8 Å². The molecular formula is C20H23F3N4O3. The second-order valence-electron chi connectivity index (χ2n) is 7.89. The maximum Gasteiger partial charge on any atom is 0.573 e. The van der Waals surface area contributed by atoms with Gasteiger partial charge in [0.15, 0.2) is 5.82 Å². The molecule has 1 N–H and O–H groups in total. The van der Waals surface area contributed by atoms with E-state index in [1.165, 1.54) is 35.3 Å². The zero-order valence-electron chi connectivity index (χ0n) is 16.9. The molecule has 1 aromatic carbocycles. The monoisotopic (exact) mass is 424 g/mol. The van der Waals surface area contributed by atoms with Crippen molar-refractivity contribution >= 4 is 11.7 Å². The van der Waals surface area contributed by atoms with Crippen LogP contribution in [-0.4, -0.2) is 38.9 Å². The highest BCUT2D eigenvalue weighted by atomic mass is 19.4. The van der Waals surface area contributed by atoms with E-state index in [9.17, 15) is 18.0 Å². The average molecular weight is 424 g/mol. The van der Waals surface area contributed by atoms with E-state index in [2.05, 4.69) is 20.1 Å². The Labute approximate surface area is 171 Å². The van der Waals surface area contributed by atoms with Crippen LogP contribution in [0.25, 0.3) is 11.3 Å². The molecule has 1 amide bonds. The number of alkyl carbamates (subject to hydrolysis) is 1. The van der Waals surface area contributed by atoms with Crippen molar-refractivity contribution in [2.24, 2.45) is 0 Å². The number of carbonyl (C=O) groups is 1. The third-order valence-corrected chi connectivity index (χ3v) is 4.18. The zero-order valence-corrected chi connectivity index (χ0v) is 16.9. The fraction of sp³-hybridized carbons (Fsp3) is 0.450. The number of hydrogen-bond acceptors (Lipinski definition) is 5. The Kier molecular flexibility index (Phi) is 6.04. The van der Waals surface area contributed by atoms with Crippen molar-refractivity contribution in [1.82, 2.24) is 20.1 Å². The van der Waals surface area contributed by atoms with Crippen molar-refractivity contribution in [2.45, 2.75) is 58.0 Å². The summed E-state index contributed by atoms with van der Waals surface area (Å²) in [6, 6.07) is 5.16.